The van der Waals surface area contributed by atoms with Crippen LogP contribution in [-0.4, -0.2) is 101 Å². The van der Waals surface area contributed by atoms with Gasteiger partial charge in [-0.3, -0.25) is 9.59 Å². The largest absolute Gasteiger partial charge is 0.444 e. The molecule has 2 aliphatic rings. The molecule has 14 nitrogen and oxygen atoms in total. The number of likely N-dealkylation sites (N-methyl/N-ethyl adjacent to an activating group) is 1. The Bertz CT molecular complexity index is 2800. The summed E-state index contributed by atoms with van der Waals surface area (Å²) in [7, 11) is 3.61. The number of carbonyl (C=O) groups is 4. The maximum Gasteiger partial charge on any atom is 0.410 e. The highest BCUT2D eigenvalue weighted by atomic mass is 32.1. The molecule has 0 aliphatic carbocycles. The SMILES string of the molecule is C=CC(=O)N(C)c1sc2c(c1-c1nc3ccccc3s1)CCN(C(=O)OC(C)(C)C)C2.CCC(C)N.CCC(C)NCCC(=O)N(C)c1sc2c(c1-c1nc3ccccc3s1)CCN(C(=O)OC(C)(C)C)C2. The minimum absolute atomic E-state index is 0.0655. The molecule has 3 N–H and O–H groups in total. The molecule has 0 spiro atoms. The zero-order valence-corrected chi connectivity index (χ0v) is 47.2. The van der Waals surface area contributed by atoms with Gasteiger partial charge in [0.05, 0.1) is 33.5 Å². The van der Waals surface area contributed by atoms with E-state index < -0.39 is 11.2 Å². The molecule has 6 heterocycles. The summed E-state index contributed by atoms with van der Waals surface area (Å²) in [4.78, 5) is 69.8. The molecule has 2 aromatic carbocycles. The molecule has 72 heavy (non-hydrogen) atoms. The van der Waals surface area contributed by atoms with Gasteiger partial charge in [-0.05, 0) is 123 Å². The van der Waals surface area contributed by atoms with Crippen LogP contribution >= 0.6 is 45.3 Å². The van der Waals surface area contributed by atoms with E-state index in [0.29, 0.717) is 64.1 Å². The first kappa shape index (κ1) is 56.1. The molecule has 0 fully saturated rings. The Balaban J connectivity index is 0.000000217. The summed E-state index contributed by atoms with van der Waals surface area (Å²) in [5, 5.41) is 6.96. The third-order valence-corrected chi connectivity index (χ3v) is 16.7. The van der Waals surface area contributed by atoms with Gasteiger partial charge in [0.25, 0.3) is 5.91 Å². The van der Waals surface area contributed by atoms with Gasteiger partial charge in [0.1, 0.15) is 31.2 Å². The molecule has 0 saturated heterocycles. The van der Waals surface area contributed by atoms with Crippen molar-refractivity contribution in [2.24, 2.45) is 5.73 Å². The summed E-state index contributed by atoms with van der Waals surface area (Å²) in [5.74, 6) is -0.110. The van der Waals surface area contributed by atoms with Crippen LogP contribution in [0.4, 0.5) is 19.6 Å². The highest BCUT2D eigenvalue weighted by Crippen LogP contribution is 2.49. The Morgan fingerprint density at radius 3 is 1.56 bits per heavy atom. The third kappa shape index (κ3) is 14.1. The van der Waals surface area contributed by atoms with Crippen LogP contribution in [0.15, 0.2) is 61.2 Å². The van der Waals surface area contributed by atoms with Gasteiger partial charge in [0.2, 0.25) is 5.91 Å². The molecule has 6 aromatic rings. The summed E-state index contributed by atoms with van der Waals surface area (Å²) >= 11 is 6.39. The second kappa shape index (κ2) is 24.2. The second-order valence-corrected chi connectivity index (χ2v) is 24.3. The molecule has 388 valence electrons. The number of nitrogens with zero attached hydrogens (tertiary/aromatic N) is 6. The van der Waals surface area contributed by atoms with E-state index in [9.17, 15) is 19.2 Å². The molecule has 0 bridgehead atoms. The number of hydrogen-bond acceptors (Lipinski definition) is 14. The van der Waals surface area contributed by atoms with E-state index in [-0.39, 0.29) is 24.0 Å². The number of hydrogen-bond donors (Lipinski definition) is 2. The highest BCUT2D eigenvalue weighted by Gasteiger charge is 2.35. The number of thiazole rings is 2. The van der Waals surface area contributed by atoms with Crippen molar-refractivity contribution in [2.75, 3.05) is 43.5 Å². The van der Waals surface area contributed by atoms with Crippen molar-refractivity contribution in [3.05, 3.63) is 82.1 Å². The minimum atomic E-state index is -0.542. The normalized spacial score (nSPS) is 14.2. The molecule has 4 amide bonds. The molecule has 18 heteroatoms. The molecule has 0 radical (unpaired) electrons. The fourth-order valence-electron chi connectivity index (χ4n) is 7.70. The lowest BCUT2D eigenvalue weighted by molar-refractivity contribution is -0.118. The number of nitrogens with two attached hydrogens (primary N) is 1. The average molecular weight is 1060 g/mol. The summed E-state index contributed by atoms with van der Waals surface area (Å²) in [6.07, 6.45) is 4.62. The third-order valence-electron chi connectivity index (χ3n) is 12.0. The smallest absolute Gasteiger partial charge is 0.410 e. The van der Waals surface area contributed by atoms with Crippen LogP contribution < -0.4 is 20.9 Å². The van der Waals surface area contributed by atoms with E-state index in [2.05, 4.69) is 44.8 Å². The van der Waals surface area contributed by atoms with Gasteiger partial charge in [-0.15, -0.1) is 45.3 Å². The lowest BCUT2D eigenvalue weighted by Crippen LogP contribution is -2.39. The number of nitrogens with one attached hydrogen (secondary N) is 1. The maximum absolute atomic E-state index is 13.2. The van der Waals surface area contributed by atoms with Crippen LogP contribution in [-0.2, 0) is 45.0 Å². The number of carbonyl (C=O) groups excluding carboxylic acids is 4. The second-order valence-electron chi connectivity index (χ2n) is 20.1. The molecule has 8 rings (SSSR count). The van der Waals surface area contributed by atoms with Gasteiger partial charge in [-0.1, -0.05) is 44.7 Å². The van der Waals surface area contributed by atoms with Crippen LogP contribution in [0.25, 0.3) is 41.6 Å². The Morgan fingerprint density at radius 2 is 1.17 bits per heavy atom. The van der Waals surface area contributed by atoms with Gasteiger partial charge in [-0.25, -0.2) is 19.6 Å². The van der Waals surface area contributed by atoms with E-state index in [1.54, 1.807) is 60.7 Å². The van der Waals surface area contributed by atoms with Crippen molar-refractivity contribution >= 4 is 99.8 Å². The van der Waals surface area contributed by atoms with Gasteiger partial charge >= 0.3 is 12.2 Å². The van der Waals surface area contributed by atoms with E-state index >= 15 is 0 Å². The topological polar surface area (TPSA) is 164 Å². The van der Waals surface area contributed by atoms with Gasteiger partial charge < -0.3 is 40.1 Å². The number of para-hydroxylation sites is 2. The maximum atomic E-state index is 13.2. The quantitative estimate of drug-likeness (QED) is 0.119. The summed E-state index contributed by atoms with van der Waals surface area (Å²) < 4.78 is 13.4. The van der Waals surface area contributed by atoms with Crippen molar-refractivity contribution in [2.45, 2.75) is 138 Å². The van der Waals surface area contributed by atoms with Gasteiger partial charge in [-0.2, -0.15) is 0 Å². The fourth-order valence-corrected chi connectivity index (χ4v) is 12.6. The van der Waals surface area contributed by atoms with Crippen LogP contribution in [0.2, 0.25) is 0 Å². The standard InChI is InChI=1S/C27H36N4O3S2.C23H25N3O3S2.C4H11N/c1-7-17(2)28-14-12-22(32)30(6)25-23(24-29-19-10-8-9-11-20(19)35-24)18-13-15-31(16-21(18)36-25)26(33)34-27(3,4)5;1-6-18(27)25(5)21-19(20-24-15-9-7-8-10-16(15)30-20)14-11-12-26(13-17(14)31-21)22(28)29-23(2,3)4;1-3-4(2)5/h8-11,17,28H,7,12-16H2,1-6H3;6-10H,1,11-13H2,2-5H3;4H,3,5H2,1-2H3. The first-order valence-corrected chi connectivity index (χ1v) is 27.9. The number of anilines is 2. The number of rotatable bonds is 11. The van der Waals surface area contributed by atoms with E-state index in [1.807, 2.05) is 91.9 Å². The zero-order chi connectivity index (χ0) is 52.7. The lowest BCUT2D eigenvalue weighted by Gasteiger charge is -2.30. The molecular weight excluding hydrogens is 985 g/mol. The Morgan fingerprint density at radius 1 is 0.736 bits per heavy atom. The van der Waals surface area contributed by atoms with E-state index in [0.717, 1.165) is 79.7 Å². The number of amides is 4. The number of benzene rings is 2. The van der Waals surface area contributed by atoms with Gasteiger partial charge in [0.15, 0.2) is 0 Å². The molecular formula is C54H72N8O6S4. The molecule has 2 atom stereocenters. The summed E-state index contributed by atoms with van der Waals surface area (Å²) in [5.41, 5.74) is 10.5. The van der Waals surface area contributed by atoms with Crippen molar-refractivity contribution < 1.29 is 28.7 Å². The van der Waals surface area contributed by atoms with Gasteiger partial charge in [0, 0.05) is 73.1 Å². The molecule has 2 aliphatic heterocycles. The average Bonchev–Trinajstić information content (AvgIpc) is 4.14. The van der Waals surface area contributed by atoms with Crippen molar-refractivity contribution in [3.8, 4) is 21.1 Å². The van der Waals surface area contributed by atoms with E-state index in [1.165, 1.54) is 23.0 Å². The Kier molecular flexibility index (Phi) is 18.8. The minimum Gasteiger partial charge on any atom is -0.444 e. The Labute approximate surface area is 441 Å². The molecule has 4 aromatic heterocycles. The van der Waals surface area contributed by atoms with E-state index in [4.69, 9.17) is 25.2 Å². The molecule has 2 unspecified atom stereocenters. The van der Waals surface area contributed by atoms with Crippen LogP contribution in [0.1, 0.15) is 109 Å². The predicted octanol–water partition coefficient (Wildman–Crippen LogP) is 12.3. The first-order chi connectivity index (χ1) is 34.0. The van der Waals surface area contributed by atoms with Crippen LogP contribution in [0, 0.1) is 0 Å². The fraction of sp³-hybridized carbons (Fsp3) is 0.481. The van der Waals surface area contributed by atoms with Crippen molar-refractivity contribution in [1.82, 2.24) is 25.1 Å². The van der Waals surface area contributed by atoms with Crippen molar-refractivity contribution in [3.63, 3.8) is 0 Å². The summed E-state index contributed by atoms with van der Waals surface area (Å²) in [6.45, 7) is 25.9. The Hall–Kier alpha value is -5.24. The number of fused-ring (bicyclic) bond motifs is 4. The predicted molar refractivity (Wildman–Crippen MR) is 300 cm³/mol. The molecule has 0 saturated carbocycles. The van der Waals surface area contributed by atoms with Crippen molar-refractivity contribution in [1.29, 1.82) is 0 Å². The van der Waals surface area contributed by atoms with Crippen LogP contribution in [0.3, 0.4) is 0 Å². The summed E-state index contributed by atoms with van der Waals surface area (Å²) in [6, 6.07) is 16.9. The number of aromatic nitrogens is 2. The number of ether oxygens (including phenoxy) is 2. The zero-order valence-electron chi connectivity index (χ0n) is 44.0. The van der Waals surface area contributed by atoms with Crippen LogP contribution in [0.5, 0.6) is 0 Å². The lowest BCUT2D eigenvalue weighted by atomic mass is 10.0. The monoisotopic (exact) mass is 1060 g/mol. The number of thiophene rings is 2. The highest BCUT2D eigenvalue weighted by molar-refractivity contribution is 7.23. The first-order valence-electron chi connectivity index (χ1n) is 24.6.